The molecule has 2 amide bonds. The zero-order valence-electron chi connectivity index (χ0n) is 10.4. The van der Waals surface area contributed by atoms with Crippen LogP contribution in [0.3, 0.4) is 0 Å². The molecule has 0 saturated carbocycles. The fourth-order valence-electron chi connectivity index (χ4n) is 2.23. The molecule has 6 nitrogen and oxygen atoms in total. The van der Waals surface area contributed by atoms with Gasteiger partial charge in [-0.2, -0.15) is 5.10 Å². The van der Waals surface area contributed by atoms with Gasteiger partial charge in [-0.25, -0.2) is 5.43 Å². The summed E-state index contributed by atoms with van der Waals surface area (Å²) in [6.07, 6.45) is 0.979. The molecule has 6 heteroatoms. The number of ether oxygens (including phenoxy) is 1. The van der Waals surface area contributed by atoms with E-state index in [0.717, 1.165) is 16.8 Å². The lowest BCUT2D eigenvalue weighted by Gasteiger charge is -2.23. The van der Waals surface area contributed by atoms with Crippen LogP contribution in [0.5, 0.6) is 5.75 Å². The van der Waals surface area contributed by atoms with E-state index >= 15 is 0 Å². The van der Waals surface area contributed by atoms with Gasteiger partial charge in [-0.3, -0.25) is 9.59 Å². The Morgan fingerprint density at radius 2 is 2.05 bits per heavy atom. The average molecular weight is 259 g/mol. The number of aryl methyl sites for hydroxylation is 1. The third kappa shape index (κ3) is 2.16. The number of rotatable bonds is 1. The van der Waals surface area contributed by atoms with E-state index in [1.54, 1.807) is 0 Å². The van der Waals surface area contributed by atoms with Crippen molar-refractivity contribution in [1.82, 2.24) is 5.43 Å². The number of nitrogens with one attached hydrogen (secondary N) is 2. The van der Waals surface area contributed by atoms with E-state index in [4.69, 9.17) is 4.74 Å². The van der Waals surface area contributed by atoms with Crippen molar-refractivity contribution in [2.75, 3.05) is 11.9 Å². The van der Waals surface area contributed by atoms with Crippen LogP contribution >= 0.6 is 0 Å². The van der Waals surface area contributed by atoms with Crippen molar-refractivity contribution in [2.24, 2.45) is 5.10 Å². The maximum atomic E-state index is 11.3. The fraction of sp³-hybridized carbons (Fsp3) is 0.308. The molecule has 0 bridgehead atoms. The van der Waals surface area contributed by atoms with Crippen LogP contribution < -0.4 is 15.5 Å². The minimum atomic E-state index is -0.164. The summed E-state index contributed by atoms with van der Waals surface area (Å²) in [4.78, 5) is 22.5. The predicted molar refractivity (Wildman–Crippen MR) is 69.2 cm³/mol. The Bertz CT molecular complexity index is 607. The Kier molecular flexibility index (Phi) is 2.70. The molecule has 0 unspecified atom stereocenters. The van der Waals surface area contributed by atoms with Gasteiger partial charge >= 0.3 is 0 Å². The van der Waals surface area contributed by atoms with Gasteiger partial charge in [0.2, 0.25) is 5.91 Å². The molecule has 2 aliphatic rings. The third-order valence-corrected chi connectivity index (χ3v) is 3.07. The second-order valence-corrected chi connectivity index (χ2v) is 4.62. The quantitative estimate of drug-likeness (QED) is 0.787. The van der Waals surface area contributed by atoms with Crippen LogP contribution in [-0.2, 0) is 9.59 Å². The third-order valence-electron chi connectivity index (χ3n) is 3.07. The zero-order valence-corrected chi connectivity index (χ0v) is 10.4. The second kappa shape index (κ2) is 4.38. The summed E-state index contributed by atoms with van der Waals surface area (Å²) in [5.74, 6) is 0.377. The van der Waals surface area contributed by atoms with Gasteiger partial charge in [0.15, 0.2) is 12.4 Å². The highest BCUT2D eigenvalue weighted by Crippen LogP contribution is 2.34. The topological polar surface area (TPSA) is 79.8 Å². The number of nitrogens with zero attached hydrogens (tertiary/aromatic N) is 1. The minimum Gasteiger partial charge on any atom is -0.481 e. The number of carbonyl (C=O) groups excluding carboxylic acids is 2. The highest BCUT2D eigenvalue weighted by molar-refractivity contribution is 6.09. The number of fused-ring (bicyclic) bond motifs is 1. The van der Waals surface area contributed by atoms with Crippen molar-refractivity contribution in [3.63, 3.8) is 0 Å². The van der Waals surface area contributed by atoms with Gasteiger partial charge in [0, 0.05) is 18.4 Å². The van der Waals surface area contributed by atoms with Crippen LogP contribution in [0.4, 0.5) is 5.69 Å². The predicted octanol–water partition coefficient (Wildman–Crippen LogP) is 0.940. The first-order valence-corrected chi connectivity index (χ1v) is 6.06. The molecule has 0 saturated heterocycles. The Hall–Kier alpha value is -2.37. The molecular weight excluding hydrogens is 246 g/mol. The maximum absolute atomic E-state index is 11.3. The van der Waals surface area contributed by atoms with Gasteiger partial charge in [-0.05, 0) is 24.6 Å². The monoisotopic (exact) mass is 259 g/mol. The van der Waals surface area contributed by atoms with Crippen molar-refractivity contribution in [3.05, 3.63) is 23.3 Å². The molecule has 0 atom stereocenters. The van der Waals surface area contributed by atoms with E-state index in [1.807, 2.05) is 19.1 Å². The smallest absolute Gasteiger partial charge is 0.262 e. The van der Waals surface area contributed by atoms with E-state index < -0.39 is 0 Å². The molecular formula is C13H13N3O3. The Morgan fingerprint density at radius 1 is 1.21 bits per heavy atom. The lowest BCUT2D eigenvalue weighted by atomic mass is 9.99. The molecule has 2 aliphatic heterocycles. The summed E-state index contributed by atoms with van der Waals surface area (Å²) >= 11 is 0. The molecule has 19 heavy (non-hydrogen) atoms. The number of anilines is 1. The minimum absolute atomic E-state index is 0.00268. The SMILES string of the molecule is Cc1cc2c(c(C3=NNC(=O)CC3)c1)OCC(=O)N2. The molecule has 0 aliphatic carbocycles. The van der Waals surface area contributed by atoms with Crippen LogP contribution in [0, 0.1) is 6.92 Å². The molecule has 98 valence electrons. The molecule has 0 spiro atoms. The first kappa shape index (κ1) is 11.7. The first-order valence-electron chi connectivity index (χ1n) is 6.06. The molecule has 2 heterocycles. The largest absolute Gasteiger partial charge is 0.481 e. The molecule has 0 radical (unpaired) electrons. The van der Waals surface area contributed by atoms with Gasteiger partial charge in [-0.1, -0.05) is 0 Å². The number of carbonyl (C=O) groups is 2. The van der Waals surface area contributed by atoms with E-state index in [9.17, 15) is 9.59 Å². The van der Waals surface area contributed by atoms with Gasteiger partial charge in [-0.15, -0.1) is 0 Å². The first-order chi connectivity index (χ1) is 9.13. The molecule has 0 fully saturated rings. The van der Waals surface area contributed by atoms with Crippen LogP contribution in [0.2, 0.25) is 0 Å². The van der Waals surface area contributed by atoms with E-state index in [0.29, 0.717) is 24.3 Å². The Balaban J connectivity index is 2.06. The summed E-state index contributed by atoms with van der Waals surface area (Å²) in [6.45, 7) is 1.94. The number of hydrazone groups is 1. The number of hydrogen-bond acceptors (Lipinski definition) is 4. The number of amides is 2. The standard InChI is InChI=1S/C13H13N3O3/c1-7-4-8(9-2-3-11(17)16-15-9)13-10(5-7)14-12(18)6-19-13/h4-5H,2-3,6H2,1H3,(H,14,18)(H,16,17). The van der Waals surface area contributed by atoms with Crippen LogP contribution in [0.1, 0.15) is 24.0 Å². The van der Waals surface area contributed by atoms with Crippen molar-refractivity contribution in [2.45, 2.75) is 19.8 Å². The van der Waals surface area contributed by atoms with Crippen molar-refractivity contribution in [1.29, 1.82) is 0 Å². The van der Waals surface area contributed by atoms with Crippen molar-refractivity contribution >= 4 is 23.2 Å². The Labute approximate surface area is 109 Å². The highest BCUT2D eigenvalue weighted by Gasteiger charge is 2.24. The van der Waals surface area contributed by atoms with Crippen molar-refractivity contribution in [3.8, 4) is 5.75 Å². The summed E-state index contributed by atoms with van der Waals surface area (Å²) in [5, 5.41) is 6.86. The fourth-order valence-corrected chi connectivity index (χ4v) is 2.23. The van der Waals surface area contributed by atoms with Gasteiger partial charge in [0.05, 0.1) is 11.4 Å². The van der Waals surface area contributed by atoms with Crippen LogP contribution in [0.25, 0.3) is 0 Å². The molecule has 0 aromatic heterocycles. The summed E-state index contributed by atoms with van der Waals surface area (Å²) < 4.78 is 5.50. The number of hydrogen-bond donors (Lipinski definition) is 2. The van der Waals surface area contributed by atoms with Gasteiger partial charge in [0.25, 0.3) is 5.91 Å². The lowest BCUT2D eigenvalue weighted by Crippen LogP contribution is -2.29. The van der Waals surface area contributed by atoms with Crippen LogP contribution in [-0.4, -0.2) is 24.1 Å². The zero-order chi connectivity index (χ0) is 13.4. The summed E-state index contributed by atoms with van der Waals surface area (Å²) in [7, 11) is 0. The van der Waals surface area contributed by atoms with Gasteiger partial charge < -0.3 is 10.1 Å². The maximum Gasteiger partial charge on any atom is 0.262 e. The number of benzene rings is 1. The molecule has 1 aromatic rings. The lowest BCUT2D eigenvalue weighted by molar-refractivity contribution is -0.121. The molecule has 3 rings (SSSR count). The summed E-state index contributed by atoms with van der Waals surface area (Å²) in [5.41, 5.74) is 5.73. The Morgan fingerprint density at radius 3 is 2.79 bits per heavy atom. The van der Waals surface area contributed by atoms with E-state index in [-0.39, 0.29) is 18.4 Å². The highest BCUT2D eigenvalue weighted by atomic mass is 16.5. The summed E-state index contributed by atoms with van der Waals surface area (Å²) in [6, 6.07) is 3.81. The van der Waals surface area contributed by atoms with E-state index in [1.165, 1.54) is 0 Å². The molecule has 1 aromatic carbocycles. The normalized spacial score (nSPS) is 17.8. The second-order valence-electron chi connectivity index (χ2n) is 4.62. The van der Waals surface area contributed by atoms with Gasteiger partial charge in [0.1, 0.15) is 0 Å². The molecule has 2 N–H and O–H groups in total. The van der Waals surface area contributed by atoms with E-state index in [2.05, 4.69) is 15.8 Å². The average Bonchev–Trinajstić information content (AvgIpc) is 2.38. The van der Waals surface area contributed by atoms with Crippen LogP contribution in [0.15, 0.2) is 17.2 Å². The van der Waals surface area contributed by atoms with Crippen molar-refractivity contribution < 1.29 is 14.3 Å².